The molecule has 1 aromatic heterocycles. The van der Waals surface area contributed by atoms with E-state index in [1.807, 2.05) is 6.20 Å². The molecule has 0 spiro atoms. The summed E-state index contributed by atoms with van der Waals surface area (Å²) >= 11 is 0. The second kappa shape index (κ2) is 4.88. The quantitative estimate of drug-likeness (QED) is 0.798. The van der Waals surface area contributed by atoms with Gasteiger partial charge in [0.2, 0.25) is 0 Å². The Labute approximate surface area is 110 Å². The highest BCUT2D eigenvalue weighted by atomic mass is 15.3. The lowest BCUT2D eigenvalue weighted by atomic mass is 10.1. The molecule has 3 rings (SSSR count). The van der Waals surface area contributed by atoms with Gasteiger partial charge in [0, 0.05) is 31.9 Å². The fourth-order valence-corrected chi connectivity index (χ4v) is 3.13. The van der Waals surface area contributed by atoms with Crippen LogP contribution in [0.3, 0.4) is 0 Å². The lowest BCUT2D eigenvalue weighted by molar-refractivity contribution is 0.230. The summed E-state index contributed by atoms with van der Waals surface area (Å²) in [6, 6.07) is 5.19. The van der Waals surface area contributed by atoms with E-state index in [0.29, 0.717) is 5.92 Å². The second-order valence-electron chi connectivity index (χ2n) is 5.88. The minimum absolute atomic E-state index is 0.568. The van der Waals surface area contributed by atoms with Crippen molar-refractivity contribution in [2.45, 2.75) is 38.6 Å². The van der Waals surface area contributed by atoms with Gasteiger partial charge in [0.25, 0.3) is 0 Å². The van der Waals surface area contributed by atoms with Gasteiger partial charge < -0.3 is 4.90 Å². The molecule has 0 saturated carbocycles. The van der Waals surface area contributed by atoms with Gasteiger partial charge in [-0.05, 0) is 36.9 Å². The maximum Gasteiger partial charge on any atom is 0.128 e. The summed E-state index contributed by atoms with van der Waals surface area (Å²) in [7, 11) is 0. The number of piperazine rings is 1. The Morgan fingerprint density at radius 2 is 2.11 bits per heavy atom. The van der Waals surface area contributed by atoms with Crippen LogP contribution in [0.2, 0.25) is 0 Å². The van der Waals surface area contributed by atoms with Crippen LogP contribution in [0.5, 0.6) is 0 Å². The number of pyridine rings is 1. The van der Waals surface area contributed by atoms with Crippen LogP contribution in [0.4, 0.5) is 5.82 Å². The molecule has 2 aliphatic rings. The highest BCUT2D eigenvalue weighted by Crippen LogP contribution is 2.25. The first kappa shape index (κ1) is 12.0. The highest BCUT2D eigenvalue weighted by molar-refractivity contribution is 5.40. The van der Waals surface area contributed by atoms with Crippen molar-refractivity contribution in [3.8, 4) is 0 Å². The first-order chi connectivity index (χ1) is 8.74. The van der Waals surface area contributed by atoms with Crippen LogP contribution in [-0.4, -0.2) is 42.1 Å². The summed E-state index contributed by atoms with van der Waals surface area (Å²) in [4.78, 5) is 9.74. The maximum atomic E-state index is 4.65. The third-order valence-corrected chi connectivity index (χ3v) is 4.35. The standard InChI is InChI=1S/C15H23N3/c1-12(2)13-5-6-15(16-10-13)18-9-8-17-7-3-4-14(17)11-18/h5-6,10,12,14H,3-4,7-9,11H2,1-2H3/t14-/m0/s1. The number of rotatable bonds is 2. The van der Waals surface area contributed by atoms with Crippen LogP contribution in [-0.2, 0) is 0 Å². The number of hydrogen-bond donors (Lipinski definition) is 0. The average molecular weight is 245 g/mol. The molecule has 3 heterocycles. The van der Waals surface area contributed by atoms with E-state index in [4.69, 9.17) is 0 Å². The maximum absolute atomic E-state index is 4.65. The molecule has 0 aromatic carbocycles. The molecule has 0 aliphatic carbocycles. The van der Waals surface area contributed by atoms with Gasteiger partial charge in [-0.15, -0.1) is 0 Å². The van der Waals surface area contributed by atoms with Crippen molar-refractivity contribution in [3.05, 3.63) is 23.9 Å². The van der Waals surface area contributed by atoms with Crippen LogP contribution in [0.25, 0.3) is 0 Å². The summed E-state index contributed by atoms with van der Waals surface area (Å²) in [5, 5.41) is 0. The van der Waals surface area contributed by atoms with Crippen molar-refractivity contribution in [2.24, 2.45) is 0 Å². The lowest BCUT2D eigenvalue weighted by Crippen LogP contribution is -2.50. The number of aromatic nitrogens is 1. The number of fused-ring (bicyclic) bond motifs is 1. The van der Waals surface area contributed by atoms with Crippen molar-refractivity contribution in [1.82, 2.24) is 9.88 Å². The molecule has 1 aromatic rings. The zero-order chi connectivity index (χ0) is 12.5. The van der Waals surface area contributed by atoms with E-state index < -0.39 is 0 Å². The predicted molar refractivity (Wildman–Crippen MR) is 75.1 cm³/mol. The largest absolute Gasteiger partial charge is 0.354 e. The smallest absolute Gasteiger partial charge is 0.128 e. The molecule has 2 fully saturated rings. The topological polar surface area (TPSA) is 19.4 Å². The molecule has 0 N–H and O–H groups in total. The van der Waals surface area contributed by atoms with Gasteiger partial charge in [0.15, 0.2) is 0 Å². The Bertz CT molecular complexity index is 399. The summed E-state index contributed by atoms with van der Waals surface area (Å²) < 4.78 is 0. The summed E-state index contributed by atoms with van der Waals surface area (Å²) in [5.41, 5.74) is 1.33. The van der Waals surface area contributed by atoms with Crippen LogP contribution in [0, 0.1) is 0 Å². The van der Waals surface area contributed by atoms with E-state index in [0.717, 1.165) is 24.9 Å². The molecule has 2 saturated heterocycles. The van der Waals surface area contributed by atoms with Crippen molar-refractivity contribution < 1.29 is 0 Å². The van der Waals surface area contributed by atoms with Gasteiger partial charge in [-0.3, -0.25) is 4.90 Å². The molecule has 0 amide bonds. The first-order valence-electron chi connectivity index (χ1n) is 7.19. The molecule has 3 heteroatoms. The van der Waals surface area contributed by atoms with E-state index in [1.54, 1.807) is 0 Å². The van der Waals surface area contributed by atoms with Gasteiger partial charge in [-0.25, -0.2) is 4.98 Å². The Morgan fingerprint density at radius 1 is 1.22 bits per heavy atom. The van der Waals surface area contributed by atoms with Gasteiger partial charge in [-0.1, -0.05) is 19.9 Å². The lowest BCUT2D eigenvalue weighted by Gasteiger charge is -2.38. The molecule has 0 radical (unpaired) electrons. The monoisotopic (exact) mass is 245 g/mol. The molecule has 18 heavy (non-hydrogen) atoms. The van der Waals surface area contributed by atoms with Crippen LogP contribution in [0.1, 0.15) is 38.2 Å². The van der Waals surface area contributed by atoms with Gasteiger partial charge in [0.1, 0.15) is 5.82 Å². The second-order valence-corrected chi connectivity index (χ2v) is 5.88. The normalized spacial score (nSPS) is 24.6. The zero-order valence-corrected chi connectivity index (χ0v) is 11.5. The zero-order valence-electron chi connectivity index (χ0n) is 11.5. The van der Waals surface area contributed by atoms with E-state index in [-0.39, 0.29) is 0 Å². The molecular weight excluding hydrogens is 222 g/mol. The van der Waals surface area contributed by atoms with E-state index in [1.165, 1.54) is 31.5 Å². The Kier molecular flexibility index (Phi) is 3.25. The number of hydrogen-bond acceptors (Lipinski definition) is 3. The van der Waals surface area contributed by atoms with Crippen molar-refractivity contribution in [1.29, 1.82) is 0 Å². The minimum atomic E-state index is 0.568. The third kappa shape index (κ3) is 2.24. The third-order valence-electron chi connectivity index (χ3n) is 4.35. The SMILES string of the molecule is CC(C)c1ccc(N2CCN3CCC[C@H]3C2)nc1. The highest BCUT2D eigenvalue weighted by Gasteiger charge is 2.30. The molecular formula is C15H23N3. The molecule has 0 unspecified atom stereocenters. The predicted octanol–water partition coefficient (Wildman–Crippen LogP) is 2.49. The fourth-order valence-electron chi connectivity index (χ4n) is 3.13. The average Bonchev–Trinajstić information content (AvgIpc) is 2.86. The van der Waals surface area contributed by atoms with Crippen molar-refractivity contribution >= 4 is 5.82 Å². The number of nitrogens with zero attached hydrogens (tertiary/aromatic N) is 3. The molecule has 0 bridgehead atoms. The van der Waals surface area contributed by atoms with Crippen LogP contribution >= 0.6 is 0 Å². The molecule has 2 aliphatic heterocycles. The van der Waals surface area contributed by atoms with E-state index >= 15 is 0 Å². The molecule has 98 valence electrons. The van der Waals surface area contributed by atoms with Crippen molar-refractivity contribution in [3.63, 3.8) is 0 Å². The molecule has 1 atom stereocenters. The van der Waals surface area contributed by atoms with Gasteiger partial charge in [0.05, 0.1) is 0 Å². The van der Waals surface area contributed by atoms with Gasteiger partial charge in [-0.2, -0.15) is 0 Å². The van der Waals surface area contributed by atoms with Crippen LogP contribution < -0.4 is 4.90 Å². The summed E-state index contributed by atoms with van der Waals surface area (Å²) in [6.45, 7) is 9.23. The van der Waals surface area contributed by atoms with E-state index in [9.17, 15) is 0 Å². The minimum Gasteiger partial charge on any atom is -0.354 e. The molecule has 3 nitrogen and oxygen atoms in total. The Hall–Kier alpha value is -1.09. The summed E-state index contributed by atoms with van der Waals surface area (Å²) in [5.74, 6) is 1.73. The van der Waals surface area contributed by atoms with E-state index in [2.05, 4.69) is 40.8 Å². The van der Waals surface area contributed by atoms with Crippen molar-refractivity contribution in [2.75, 3.05) is 31.1 Å². The number of anilines is 1. The van der Waals surface area contributed by atoms with Crippen LogP contribution in [0.15, 0.2) is 18.3 Å². The fraction of sp³-hybridized carbons (Fsp3) is 0.667. The Balaban J connectivity index is 1.71. The first-order valence-corrected chi connectivity index (χ1v) is 7.19. The Morgan fingerprint density at radius 3 is 2.83 bits per heavy atom. The summed E-state index contributed by atoms with van der Waals surface area (Å²) in [6.07, 6.45) is 4.78. The van der Waals surface area contributed by atoms with Gasteiger partial charge >= 0.3 is 0 Å².